The van der Waals surface area contributed by atoms with Crippen molar-refractivity contribution in [1.82, 2.24) is 29.8 Å². The molecule has 5 aliphatic rings. The number of hydrogen-bond acceptors (Lipinski definition) is 10. The van der Waals surface area contributed by atoms with Crippen LogP contribution < -0.4 is 15.4 Å². The van der Waals surface area contributed by atoms with Gasteiger partial charge in [-0.15, -0.1) is 0 Å². The molecule has 16 heteroatoms. The maximum absolute atomic E-state index is 13.9. The lowest BCUT2D eigenvalue weighted by molar-refractivity contribution is -0.136. The molecule has 0 radical (unpaired) electrons. The molecule has 14 nitrogen and oxygen atoms in total. The molecule has 0 spiro atoms. The summed E-state index contributed by atoms with van der Waals surface area (Å²) in [7, 11) is 1.89. The Labute approximate surface area is 374 Å². The Hall–Kier alpha value is -6.32. The van der Waals surface area contributed by atoms with Crippen molar-refractivity contribution in [2.75, 3.05) is 38.1 Å². The van der Waals surface area contributed by atoms with E-state index < -0.39 is 35.6 Å². The summed E-state index contributed by atoms with van der Waals surface area (Å²) in [5.74, 6) is -3.14. The number of carbonyl (C=O) groups is 5. The number of anilines is 1. The zero-order valence-electron chi connectivity index (χ0n) is 35.8. The van der Waals surface area contributed by atoms with Crippen molar-refractivity contribution in [1.29, 1.82) is 0 Å². The number of likely N-dealkylation sites (tertiary alicyclic amines) is 1. The zero-order valence-corrected chi connectivity index (χ0v) is 36.6. The molecule has 2 saturated heterocycles. The normalized spacial score (nSPS) is 21.6. The van der Waals surface area contributed by atoms with Gasteiger partial charge in [-0.2, -0.15) is 5.10 Å². The van der Waals surface area contributed by atoms with Gasteiger partial charge in [0.05, 0.1) is 29.5 Å². The fourth-order valence-corrected chi connectivity index (χ4v) is 10.5. The van der Waals surface area contributed by atoms with Crippen molar-refractivity contribution in [3.63, 3.8) is 0 Å². The Morgan fingerprint density at radius 2 is 1.78 bits per heavy atom. The highest BCUT2D eigenvalue weighted by molar-refractivity contribution is 6.35. The Balaban J connectivity index is 0.908. The van der Waals surface area contributed by atoms with Gasteiger partial charge >= 0.3 is 5.97 Å². The van der Waals surface area contributed by atoms with E-state index in [1.165, 1.54) is 12.1 Å². The first-order chi connectivity index (χ1) is 30.8. The number of amides is 4. The van der Waals surface area contributed by atoms with Gasteiger partial charge < -0.3 is 25.0 Å². The minimum Gasteiger partial charge on any atom is -0.493 e. The first-order valence-corrected chi connectivity index (χ1v) is 22.1. The molecule has 3 unspecified atom stereocenters. The summed E-state index contributed by atoms with van der Waals surface area (Å²) in [6.07, 6.45) is 6.50. The fraction of sp³-hybridized carbons (Fsp3) is 0.375. The molecule has 3 N–H and O–H groups in total. The third-order valence-corrected chi connectivity index (χ3v) is 13.7. The van der Waals surface area contributed by atoms with Gasteiger partial charge in [0.15, 0.2) is 0 Å². The van der Waals surface area contributed by atoms with Crippen LogP contribution in [0.3, 0.4) is 0 Å². The van der Waals surface area contributed by atoms with Crippen molar-refractivity contribution < 1.29 is 38.2 Å². The smallest absolute Gasteiger partial charge is 0.352 e. The number of benzene rings is 3. The van der Waals surface area contributed by atoms with Gasteiger partial charge in [0.25, 0.3) is 11.8 Å². The van der Waals surface area contributed by atoms with Crippen LogP contribution in [0.5, 0.6) is 5.75 Å². The van der Waals surface area contributed by atoms with Gasteiger partial charge in [0.1, 0.15) is 23.3 Å². The lowest BCUT2D eigenvalue weighted by Gasteiger charge is -2.38. The van der Waals surface area contributed by atoms with E-state index in [9.17, 15) is 33.5 Å². The largest absolute Gasteiger partial charge is 0.493 e. The highest BCUT2D eigenvalue weighted by Gasteiger charge is 2.48. The SMILES string of the molecule is Cc1nn(C)c(C)c1C1=C(Cl)C=CC2C(CCCOc3cccc4cc(F)ccc34)=C(C(=O)O)N(CCN3CCC(Nc4cccc5c4C(=O)N(C4CCC(=O)NC4=O)C5=O)CC3)C12. The molecular formula is C48H49ClFN7O7. The zero-order chi connectivity index (χ0) is 45.0. The number of piperidine rings is 2. The molecule has 3 atom stereocenters. The predicted molar refractivity (Wildman–Crippen MR) is 238 cm³/mol. The van der Waals surface area contributed by atoms with Gasteiger partial charge in [0.2, 0.25) is 11.8 Å². The van der Waals surface area contributed by atoms with E-state index >= 15 is 0 Å². The number of aryl methyl sites for hydroxylation is 2. The van der Waals surface area contributed by atoms with E-state index in [1.807, 2.05) is 60.8 Å². The minimum atomic E-state index is -1.05. The number of aromatic nitrogens is 2. The molecule has 1 aliphatic carbocycles. The number of nitrogens with zero attached hydrogens (tertiary/aromatic N) is 5. The molecule has 0 bridgehead atoms. The highest BCUT2D eigenvalue weighted by atomic mass is 35.5. The number of halogens is 2. The van der Waals surface area contributed by atoms with E-state index in [4.69, 9.17) is 21.4 Å². The van der Waals surface area contributed by atoms with E-state index in [1.54, 1.807) is 24.3 Å². The molecule has 2 fully saturated rings. The number of imide groups is 2. The van der Waals surface area contributed by atoms with Crippen LogP contribution in [-0.4, -0.2) is 110 Å². The quantitative estimate of drug-likeness (QED) is 0.102. The lowest BCUT2D eigenvalue weighted by atomic mass is 9.80. The fourth-order valence-electron chi connectivity index (χ4n) is 10.3. The monoisotopic (exact) mass is 889 g/mol. The van der Waals surface area contributed by atoms with Gasteiger partial charge in [-0.3, -0.25) is 34.1 Å². The average molecular weight is 890 g/mol. The average Bonchev–Trinajstić information content (AvgIpc) is 3.82. The molecular weight excluding hydrogens is 841 g/mol. The van der Waals surface area contributed by atoms with Crippen LogP contribution in [0, 0.1) is 25.6 Å². The standard InChI is InChI=1S/C48H49ClFN7O7/c1-26-40(27(2)54(3)53-26)42-35(49)15-14-33-32(9-6-24-64-38-11-4-7-28-25-29(50)12-13-31(28)38)44(48(62)63)56(43(33)42)23-22-55-20-18-30(19-21-55)51-36-10-5-8-34-41(36)47(61)57(46(34)60)37-16-17-39(58)52-45(37)59/h4-5,7-8,10-15,25,30,33,37,43,51H,6,9,16-24H2,1-3H3,(H,62,63)(H,52,58,59). The molecule has 5 heterocycles. The Morgan fingerprint density at radius 1 is 1.00 bits per heavy atom. The molecule has 9 rings (SSSR count). The van der Waals surface area contributed by atoms with Crippen molar-refractivity contribution in [3.8, 4) is 5.75 Å². The first-order valence-electron chi connectivity index (χ1n) is 21.8. The summed E-state index contributed by atoms with van der Waals surface area (Å²) in [4.78, 5) is 70.3. The maximum Gasteiger partial charge on any atom is 0.352 e. The predicted octanol–water partition coefficient (Wildman–Crippen LogP) is 6.32. The summed E-state index contributed by atoms with van der Waals surface area (Å²) >= 11 is 7.10. The van der Waals surface area contributed by atoms with Gasteiger partial charge in [-0.05, 0) is 99.4 Å². The number of carbonyl (C=O) groups excluding carboxylic acids is 4. The van der Waals surface area contributed by atoms with E-state index in [-0.39, 0.29) is 53.5 Å². The third kappa shape index (κ3) is 7.74. The van der Waals surface area contributed by atoms with Gasteiger partial charge in [-0.1, -0.05) is 35.9 Å². The Kier molecular flexibility index (Phi) is 11.6. The van der Waals surface area contributed by atoms with Gasteiger partial charge in [-0.25, -0.2) is 9.18 Å². The van der Waals surface area contributed by atoms with Crippen molar-refractivity contribution >= 4 is 63.2 Å². The minimum absolute atomic E-state index is 0.0156. The topological polar surface area (TPSA) is 166 Å². The number of carboxylic acids is 1. The van der Waals surface area contributed by atoms with E-state index in [0.29, 0.717) is 62.1 Å². The number of hydrogen-bond donors (Lipinski definition) is 3. The number of rotatable bonds is 13. The van der Waals surface area contributed by atoms with Crippen LogP contribution in [-0.2, 0) is 21.4 Å². The number of ether oxygens (including phenoxy) is 1. The number of aliphatic carboxylic acids is 1. The van der Waals surface area contributed by atoms with Crippen molar-refractivity contribution in [2.45, 2.75) is 70.5 Å². The Morgan fingerprint density at radius 3 is 2.52 bits per heavy atom. The molecule has 1 aromatic heterocycles. The first kappa shape index (κ1) is 43.0. The van der Waals surface area contributed by atoms with Crippen LogP contribution in [0.2, 0.25) is 0 Å². The molecule has 332 valence electrons. The Bertz CT molecular complexity index is 2720. The number of carboxylic acid groups (broad SMARTS) is 1. The number of allylic oxidation sites excluding steroid dienone is 2. The number of fused-ring (bicyclic) bond motifs is 3. The highest BCUT2D eigenvalue weighted by Crippen LogP contribution is 2.49. The molecule has 64 heavy (non-hydrogen) atoms. The van der Waals surface area contributed by atoms with Crippen LogP contribution >= 0.6 is 11.6 Å². The molecule has 0 saturated carbocycles. The molecule has 4 aromatic rings. The summed E-state index contributed by atoms with van der Waals surface area (Å²) < 4.78 is 22.0. The van der Waals surface area contributed by atoms with Crippen molar-refractivity contribution in [3.05, 3.63) is 117 Å². The van der Waals surface area contributed by atoms with Crippen LogP contribution in [0.1, 0.15) is 76.2 Å². The second-order valence-corrected chi connectivity index (χ2v) is 17.5. The molecule has 3 aromatic carbocycles. The lowest BCUT2D eigenvalue weighted by Crippen LogP contribution is -2.54. The second-order valence-electron chi connectivity index (χ2n) is 17.1. The summed E-state index contributed by atoms with van der Waals surface area (Å²) in [5.41, 5.74) is 5.56. The summed E-state index contributed by atoms with van der Waals surface area (Å²) in [5, 5.41) is 23.5. The van der Waals surface area contributed by atoms with Crippen LogP contribution in [0.4, 0.5) is 10.1 Å². The summed E-state index contributed by atoms with van der Waals surface area (Å²) in [6.45, 7) is 6.67. The van der Waals surface area contributed by atoms with Gasteiger partial charge in [0, 0.05) is 84.5 Å². The molecule has 4 amide bonds. The maximum atomic E-state index is 13.9. The second kappa shape index (κ2) is 17.3. The third-order valence-electron chi connectivity index (χ3n) is 13.4. The van der Waals surface area contributed by atoms with E-state index in [0.717, 1.165) is 56.6 Å². The van der Waals surface area contributed by atoms with Crippen LogP contribution in [0.15, 0.2) is 83.1 Å². The van der Waals surface area contributed by atoms with Crippen molar-refractivity contribution in [2.24, 2.45) is 13.0 Å². The van der Waals surface area contributed by atoms with Crippen LogP contribution in [0.25, 0.3) is 16.3 Å². The molecule has 4 aliphatic heterocycles. The summed E-state index contributed by atoms with van der Waals surface area (Å²) in [6, 6.07) is 13.7. The number of nitrogens with one attached hydrogen (secondary N) is 2. The van der Waals surface area contributed by atoms with E-state index in [2.05, 4.69) is 15.5 Å².